The van der Waals surface area contributed by atoms with Gasteiger partial charge in [-0.2, -0.15) is 0 Å². The Balaban J connectivity index is 2.11. The molecule has 1 N–H and O–H groups in total. The molecule has 0 amide bonds. The first-order chi connectivity index (χ1) is 8.70. The molecule has 5 heteroatoms. The van der Waals surface area contributed by atoms with Gasteiger partial charge in [0.2, 0.25) is 5.89 Å². The Bertz CT molecular complexity index is 527. The summed E-state index contributed by atoms with van der Waals surface area (Å²) in [6, 6.07) is 4.49. The third-order valence-corrected chi connectivity index (χ3v) is 2.76. The summed E-state index contributed by atoms with van der Waals surface area (Å²) in [5.74, 6) is -0.0723. The Morgan fingerprint density at radius 3 is 3.00 bits per heavy atom. The fourth-order valence-corrected chi connectivity index (χ4v) is 1.66. The van der Waals surface area contributed by atoms with Crippen LogP contribution >= 0.6 is 11.6 Å². The van der Waals surface area contributed by atoms with E-state index in [0.29, 0.717) is 18.0 Å². The van der Waals surface area contributed by atoms with Crippen molar-refractivity contribution >= 4 is 11.6 Å². The van der Waals surface area contributed by atoms with Gasteiger partial charge in [-0.1, -0.05) is 18.5 Å². The van der Waals surface area contributed by atoms with Gasteiger partial charge >= 0.3 is 0 Å². The number of halogens is 2. The fraction of sp³-hybridized carbons (Fsp3) is 0.308. The van der Waals surface area contributed by atoms with Gasteiger partial charge in [0.05, 0.1) is 10.7 Å². The van der Waals surface area contributed by atoms with Gasteiger partial charge in [0, 0.05) is 12.1 Å². The molecule has 0 aliphatic heterocycles. The molecule has 1 aromatic heterocycles. The fourth-order valence-electron chi connectivity index (χ4n) is 1.54. The van der Waals surface area contributed by atoms with Crippen molar-refractivity contribution in [2.45, 2.75) is 19.9 Å². The van der Waals surface area contributed by atoms with Gasteiger partial charge in [0.1, 0.15) is 12.1 Å². The van der Waals surface area contributed by atoms with E-state index in [-0.39, 0.29) is 5.02 Å². The summed E-state index contributed by atoms with van der Waals surface area (Å²) in [5, 5.41) is 3.31. The van der Waals surface area contributed by atoms with E-state index >= 15 is 0 Å². The summed E-state index contributed by atoms with van der Waals surface area (Å²) in [7, 11) is 0. The minimum atomic E-state index is -0.474. The van der Waals surface area contributed by atoms with E-state index in [1.54, 1.807) is 12.3 Å². The highest BCUT2D eigenvalue weighted by atomic mass is 35.5. The van der Waals surface area contributed by atoms with E-state index in [1.807, 2.05) is 0 Å². The second-order valence-corrected chi connectivity index (χ2v) is 4.36. The van der Waals surface area contributed by atoms with Crippen molar-refractivity contribution in [1.29, 1.82) is 0 Å². The van der Waals surface area contributed by atoms with Gasteiger partial charge in [0.15, 0.2) is 0 Å². The standard InChI is InChI=1S/C13H14ClFN2O/c1-2-5-16-7-10-8-18-13(17-10)9-3-4-11(14)12(15)6-9/h3-4,6,8,16H,2,5,7H2,1H3. The van der Waals surface area contributed by atoms with Crippen molar-refractivity contribution in [2.24, 2.45) is 0 Å². The minimum Gasteiger partial charge on any atom is -0.444 e. The van der Waals surface area contributed by atoms with Gasteiger partial charge in [-0.25, -0.2) is 9.37 Å². The maximum atomic E-state index is 13.3. The molecule has 2 aromatic rings. The third kappa shape index (κ3) is 3.09. The van der Waals surface area contributed by atoms with Crippen molar-refractivity contribution in [3.63, 3.8) is 0 Å². The molecule has 0 aliphatic rings. The molecule has 0 atom stereocenters. The lowest BCUT2D eigenvalue weighted by molar-refractivity contribution is 0.568. The SMILES string of the molecule is CCCNCc1coc(-c2ccc(Cl)c(F)c2)n1. The van der Waals surface area contributed by atoms with Crippen molar-refractivity contribution in [2.75, 3.05) is 6.54 Å². The second kappa shape index (κ2) is 5.98. The van der Waals surface area contributed by atoms with Gasteiger partial charge in [-0.05, 0) is 31.2 Å². The lowest BCUT2D eigenvalue weighted by Gasteiger charge is -1.98. The molecule has 0 aliphatic carbocycles. The summed E-state index contributed by atoms with van der Waals surface area (Å²) in [4.78, 5) is 4.28. The Morgan fingerprint density at radius 2 is 2.28 bits per heavy atom. The minimum absolute atomic E-state index is 0.0927. The maximum Gasteiger partial charge on any atom is 0.226 e. The molecule has 0 spiro atoms. The molecule has 0 bridgehead atoms. The van der Waals surface area contributed by atoms with Crippen LogP contribution in [0.4, 0.5) is 4.39 Å². The Kier molecular flexibility index (Phi) is 4.33. The lowest BCUT2D eigenvalue weighted by Crippen LogP contribution is -2.13. The number of hydrogen-bond acceptors (Lipinski definition) is 3. The number of hydrogen-bond donors (Lipinski definition) is 1. The highest BCUT2D eigenvalue weighted by molar-refractivity contribution is 6.30. The first kappa shape index (κ1) is 13.1. The third-order valence-electron chi connectivity index (χ3n) is 2.45. The van der Waals surface area contributed by atoms with Crippen LogP contribution in [0.15, 0.2) is 28.9 Å². The average molecular weight is 269 g/mol. The van der Waals surface area contributed by atoms with Crippen molar-refractivity contribution in [1.82, 2.24) is 10.3 Å². The van der Waals surface area contributed by atoms with E-state index in [9.17, 15) is 4.39 Å². The largest absolute Gasteiger partial charge is 0.444 e. The number of benzene rings is 1. The summed E-state index contributed by atoms with van der Waals surface area (Å²) in [6.45, 7) is 3.67. The van der Waals surface area contributed by atoms with Crippen LogP contribution in [0.3, 0.4) is 0 Å². The second-order valence-electron chi connectivity index (χ2n) is 3.95. The van der Waals surface area contributed by atoms with Crippen LogP contribution in [0.25, 0.3) is 11.5 Å². The molecular formula is C13H14ClFN2O. The molecule has 0 fully saturated rings. The Hall–Kier alpha value is -1.39. The lowest BCUT2D eigenvalue weighted by atomic mass is 10.2. The van der Waals surface area contributed by atoms with Crippen LogP contribution < -0.4 is 5.32 Å². The molecule has 0 radical (unpaired) electrons. The molecular weight excluding hydrogens is 255 g/mol. The maximum absolute atomic E-state index is 13.3. The first-order valence-electron chi connectivity index (χ1n) is 5.81. The first-order valence-corrected chi connectivity index (χ1v) is 6.19. The zero-order valence-corrected chi connectivity index (χ0v) is 10.8. The van der Waals surface area contributed by atoms with Gasteiger partial charge in [-0.15, -0.1) is 0 Å². The van der Waals surface area contributed by atoms with Crippen LogP contribution in [0.1, 0.15) is 19.0 Å². The molecule has 1 heterocycles. The predicted molar refractivity (Wildman–Crippen MR) is 68.9 cm³/mol. The number of oxazole rings is 1. The monoisotopic (exact) mass is 268 g/mol. The summed E-state index contributed by atoms with van der Waals surface area (Å²) >= 11 is 5.62. The predicted octanol–water partition coefficient (Wildman–Crippen LogP) is 3.63. The summed E-state index contributed by atoms with van der Waals surface area (Å²) in [5.41, 5.74) is 1.38. The van der Waals surface area contributed by atoms with E-state index < -0.39 is 5.82 Å². The van der Waals surface area contributed by atoms with Crippen molar-refractivity contribution in [3.8, 4) is 11.5 Å². The summed E-state index contributed by atoms with van der Waals surface area (Å²) < 4.78 is 18.6. The van der Waals surface area contributed by atoms with E-state index in [2.05, 4.69) is 17.2 Å². The topological polar surface area (TPSA) is 38.1 Å². The van der Waals surface area contributed by atoms with Gasteiger partial charge in [-0.3, -0.25) is 0 Å². The molecule has 0 saturated heterocycles. The molecule has 0 saturated carbocycles. The van der Waals surface area contributed by atoms with E-state index in [0.717, 1.165) is 18.7 Å². The number of rotatable bonds is 5. The number of nitrogens with one attached hydrogen (secondary N) is 1. The Morgan fingerprint density at radius 1 is 1.44 bits per heavy atom. The van der Waals surface area contributed by atoms with Crippen molar-refractivity contribution < 1.29 is 8.81 Å². The van der Waals surface area contributed by atoms with Crippen LogP contribution in [0.2, 0.25) is 5.02 Å². The average Bonchev–Trinajstić information content (AvgIpc) is 2.82. The molecule has 0 unspecified atom stereocenters. The molecule has 2 rings (SSSR count). The highest BCUT2D eigenvalue weighted by Gasteiger charge is 2.09. The van der Waals surface area contributed by atoms with Crippen molar-refractivity contribution in [3.05, 3.63) is 41.0 Å². The van der Waals surface area contributed by atoms with E-state index in [1.165, 1.54) is 12.1 Å². The summed E-state index contributed by atoms with van der Waals surface area (Å²) in [6.07, 6.45) is 2.64. The van der Waals surface area contributed by atoms with Crippen LogP contribution in [-0.2, 0) is 6.54 Å². The van der Waals surface area contributed by atoms with Crippen LogP contribution in [-0.4, -0.2) is 11.5 Å². The quantitative estimate of drug-likeness (QED) is 0.842. The molecule has 3 nitrogen and oxygen atoms in total. The number of nitrogens with zero attached hydrogens (tertiary/aromatic N) is 1. The highest BCUT2D eigenvalue weighted by Crippen LogP contribution is 2.23. The zero-order chi connectivity index (χ0) is 13.0. The van der Waals surface area contributed by atoms with Gasteiger partial charge in [0.25, 0.3) is 0 Å². The molecule has 1 aromatic carbocycles. The van der Waals surface area contributed by atoms with Crippen LogP contribution in [0, 0.1) is 5.82 Å². The normalized spacial score (nSPS) is 10.8. The number of aromatic nitrogens is 1. The van der Waals surface area contributed by atoms with Crippen LogP contribution in [0.5, 0.6) is 0 Å². The van der Waals surface area contributed by atoms with Gasteiger partial charge < -0.3 is 9.73 Å². The zero-order valence-electron chi connectivity index (χ0n) is 10.0. The smallest absolute Gasteiger partial charge is 0.226 e. The Labute approximate surface area is 110 Å². The molecule has 96 valence electrons. The molecule has 18 heavy (non-hydrogen) atoms. The van der Waals surface area contributed by atoms with E-state index in [4.69, 9.17) is 16.0 Å².